The minimum atomic E-state index is 0.842. The van der Waals surface area contributed by atoms with Crippen molar-refractivity contribution in [3.63, 3.8) is 0 Å². The average Bonchev–Trinajstić information content (AvgIpc) is 2.19. The van der Waals surface area contributed by atoms with E-state index in [1.807, 2.05) is 30.5 Å². The zero-order valence-corrected chi connectivity index (χ0v) is 8.40. The molecule has 0 fully saturated rings. The van der Waals surface area contributed by atoms with E-state index < -0.39 is 0 Å². The predicted octanol–water partition coefficient (Wildman–Crippen LogP) is 2.91. The smallest absolute Gasteiger partial charge is 0.106 e. The molecular weight excluding hydrogens is 228 g/mol. The molecule has 0 aliphatic carbocycles. The first-order valence-electron chi connectivity index (χ1n) is 3.88. The summed E-state index contributed by atoms with van der Waals surface area (Å²) in [5.41, 5.74) is 2.22. The summed E-state index contributed by atoms with van der Waals surface area (Å²) < 4.78 is 0.842. The van der Waals surface area contributed by atoms with Crippen molar-refractivity contribution < 1.29 is 0 Å². The maximum Gasteiger partial charge on any atom is 0.106 e. The van der Waals surface area contributed by atoms with Gasteiger partial charge in [0.2, 0.25) is 0 Å². The van der Waals surface area contributed by atoms with Crippen molar-refractivity contribution in [3.8, 4) is 11.1 Å². The fourth-order valence-corrected chi connectivity index (χ4v) is 1.48. The van der Waals surface area contributed by atoms with Crippen LogP contribution in [0.3, 0.4) is 0 Å². The van der Waals surface area contributed by atoms with Crippen molar-refractivity contribution in [1.82, 2.24) is 9.97 Å². The lowest BCUT2D eigenvalue weighted by Crippen LogP contribution is -1.80. The van der Waals surface area contributed by atoms with E-state index in [1.165, 1.54) is 0 Å². The molecule has 2 heterocycles. The Bertz CT molecular complexity index is 401. The van der Waals surface area contributed by atoms with E-state index in [-0.39, 0.29) is 0 Å². The van der Waals surface area contributed by atoms with Gasteiger partial charge < -0.3 is 0 Å². The Labute approximate surface area is 84.8 Å². The first-order chi connectivity index (χ1) is 6.36. The zero-order valence-electron chi connectivity index (χ0n) is 6.81. The first-order valence-corrected chi connectivity index (χ1v) is 4.67. The van der Waals surface area contributed by atoms with E-state index in [0.717, 1.165) is 15.7 Å². The Morgan fingerprint density at radius 1 is 1.08 bits per heavy atom. The Balaban J connectivity index is 2.48. The summed E-state index contributed by atoms with van der Waals surface area (Å²) in [7, 11) is 0. The molecule has 0 aliphatic rings. The molecule has 3 heteroatoms. The summed E-state index contributed by atoms with van der Waals surface area (Å²) in [6, 6.07) is 7.87. The van der Waals surface area contributed by atoms with E-state index in [2.05, 4.69) is 25.9 Å². The number of nitrogens with zero attached hydrogens (tertiary/aromatic N) is 2. The molecule has 2 aromatic rings. The lowest BCUT2D eigenvalue weighted by molar-refractivity contribution is 1.27. The lowest BCUT2D eigenvalue weighted by Gasteiger charge is -1.99. The van der Waals surface area contributed by atoms with E-state index in [1.54, 1.807) is 12.4 Å². The molecule has 0 saturated heterocycles. The molecule has 2 rings (SSSR count). The van der Waals surface area contributed by atoms with E-state index in [9.17, 15) is 0 Å². The topological polar surface area (TPSA) is 25.8 Å². The quantitative estimate of drug-likeness (QED) is 0.710. The van der Waals surface area contributed by atoms with E-state index in [0.29, 0.717) is 0 Å². The second kappa shape index (κ2) is 3.66. The standard InChI is InChI=1S/C10H7BrN2/c11-10-6-8(3-5-13-10)9-2-1-4-12-7-9/h1-7H. The Kier molecular flexibility index (Phi) is 2.36. The molecule has 0 bridgehead atoms. The van der Waals surface area contributed by atoms with Gasteiger partial charge in [-0.05, 0) is 39.7 Å². The molecule has 0 aliphatic heterocycles. The van der Waals surface area contributed by atoms with Crippen molar-refractivity contribution >= 4 is 15.9 Å². The Hall–Kier alpha value is -1.22. The molecule has 2 aromatic heterocycles. The highest BCUT2D eigenvalue weighted by Gasteiger charge is 1.96. The second-order valence-electron chi connectivity index (χ2n) is 2.61. The number of rotatable bonds is 1. The normalized spacial score (nSPS) is 9.92. The van der Waals surface area contributed by atoms with Gasteiger partial charge >= 0.3 is 0 Å². The van der Waals surface area contributed by atoms with Gasteiger partial charge in [-0.2, -0.15) is 0 Å². The third kappa shape index (κ3) is 1.92. The summed E-state index contributed by atoms with van der Waals surface area (Å²) in [4.78, 5) is 8.12. The lowest BCUT2D eigenvalue weighted by atomic mass is 10.1. The van der Waals surface area contributed by atoms with Gasteiger partial charge in [-0.1, -0.05) is 6.07 Å². The maximum atomic E-state index is 4.06. The molecule has 0 atom stereocenters. The third-order valence-corrected chi connectivity index (χ3v) is 2.16. The number of halogens is 1. The summed E-state index contributed by atoms with van der Waals surface area (Å²) in [6.45, 7) is 0. The molecule has 2 nitrogen and oxygen atoms in total. The van der Waals surface area contributed by atoms with Crippen LogP contribution in [0.25, 0.3) is 11.1 Å². The largest absolute Gasteiger partial charge is 0.264 e. The number of aromatic nitrogens is 2. The SMILES string of the molecule is Brc1cc(-c2cccnc2)ccn1. The van der Waals surface area contributed by atoms with Crippen molar-refractivity contribution in [2.75, 3.05) is 0 Å². The molecule has 0 aromatic carbocycles. The van der Waals surface area contributed by atoms with Crippen LogP contribution in [0.5, 0.6) is 0 Å². The number of hydrogen-bond donors (Lipinski definition) is 0. The molecule has 0 spiro atoms. The fourth-order valence-electron chi connectivity index (χ4n) is 1.12. The van der Waals surface area contributed by atoms with Crippen molar-refractivity contribution in [2.45, 2.75) is 0 Å². The van der Waals surface area contributed by atoms with Gasteiger partial charge in [0.05, 0.1) is 0 Å². The van der Waals surface area contributed by atoms with Crippen LogP contribution >= 0.6 is 15.9 Å². The molecule has 0 radical (unpaired) electrons. The Morgan fingerprint density at radius 2 is 2.00 bits per heavy atom. The molecule has 0 saturated carbocycles. The minimum absolute atomic E-state index is 0.842. The molecule has 0 unspecified atom stereocenters. The molecule has 0 N–H and O–H groups in total. The highest BCUT2D eigenvalue weighted by atomic mass is 79.9. The van der Waals surface area contributed by atoms with Gasteiger partial charge in [-0.25, -0.2) is 4.98 Å². The highest BCUT2D eigenvalue weighted by Crippen LogP contribution is 2.19. The van der Waals surface area contributed by atoms with Crippen LogP contribution in [-0.2, 0) is 0 Å². The van der Waals surface area contributed by atoms with Crippen LogP contribution in [0, 0.1) is 0 Å². The van der Waals surface area contributed by atoms with Gasteiger partial charge in [0.15, 0.2) is 0 Å². The van der Waals surface area contributed by atoms with Gasteiger partial charge in [-0.3, -0.25) is 4.98 Å². The average molecular weight is 235 g/mol. The van der Waals surface area contributed by atoms with Crippen LogP contribution in [0.1, 0.15) is 0 Å². The van der Waals surface area contributed by atoms with E-state index >= 15 is 0 Å². The van der Waals surface area contributed by atoms with Crippen LogP contribution in [0.4, 0.5) is 0 Å². The third-order valence-electron chi connectivity index (χ3n) is 1.72. The minimum Gasteiger partial charge on any atom is -0.264 e. The van der Waals surface area contributed by atoms with Crippen molar-refractivity contribution in [3.05, 3.63) is 47.5 Å². The highest BCUT2D eigenvalue weighted by molar-refractivity contribution is 9.10. The van der Waals surface area contributed by atoms with Gasteiger partial charge in [0, 0.05) is 24.2 Å². The summed E-state index contributed by atoms with van der Waals surface area (Å²) in [6.07, 6.45) is 5.37. The predicted molar refractivity (Wildman–Crippen MR) is 55.2 cm³/mol. The monoisotopic (exact) mass is 234 g/mol. The van der Waals surface area contributed by atoms with Crippen molar-refractivity contribution in [2.24, 2.45) is 0 Å². The van der Waals surface area contributed by atoms with E-state index in [4.69, 9.17) is 0 Å². The number of pyridine rings is 2. The molecule has 64 valence electrons. The molecule has 0 amide bonds. The molecule has 13 heavy (non-hydrogen) atoms. The van der Waals surface area contributed by atoms with Gasteiger partial charge in [0.1, 0.15) is 4.60 Å². The van der Waals surface area contributed by atoms with Crippen LogP contribution in [0.2, 0.25) is 0 Å². The number of hydrogen-bond acceptors (Lipinski definition) is 2. The first kappa shape index (κ1) is 8.38. The molecular formula is C10H7BrN2. The Morgan fingerprint density at radius 3 is 2.69 bits per heavy atom. The zero-order chi connectivity index (χ0) is 9.10. The van der Waals surface area contributed by atoms with Gasteiger partial charge in [0.25, 0.3) is 0 Å². The maximum absolute atomic E-state index is 4.06. The summed E-state index contributed by atoms with van der Waals surface area (Å²) in [5.74, 6) is 0. The fraction of sp³-hybridized carbons (Fsp3) is 0. The summed E-state index contributed by atoms with van der Waals surface area (Å²) >= 11 is 3.33. The summed E-state index contributed by atoms with van der Waals surface area (Å²) in [5, 5.41) is 0. The van der Waals surface area contributed by atoms with Crippen molar-refractivity contribution in [1.29, 1.82) is 0 Å². The van der Waals surface area contributed by atoms with Crippen LogP contribution in [-0.4, -0.2) is 9.97 Å². The van der Waals surface area contributed by atoms with Crippen LogP contribution in [0.15, 0.2) is 47.5 Å². The second-order valence-corrected chi connectivity index (χ2v) is 3.42. The van der Waals surface area contributed by atoms with Crippen LogP contribution < -0.4 is 0 Å². The van der Waals surface area contributed by atoms with Gasteiger partial charge in [-0.15, -0.1) is 0 Å².